The van der Waals surface area contributed by atoms with Crippen molar-refractivity contribution in [3.63, 3.8) is 0 Å². The molecule has 1 saturated carbocycles. The molecule has 2 aromatic heterocycles. The van der Waals surface area contributed by atoms with Gasteiger partial charge in [0, 0.05) is 57.6 Å². The summed E-state index contributed by atoms with van der Waals surface area (Å²) >= 11 is 0. The minimum absolute atomic E-state index is 0.222. The van der Waals surface area contributed by atoms with Gasteiger partial charge in [0.05, 0.1) is 5.69 Å². The number of hydrogen-bond acceptors (Lipinski definition) is 4. The van der Waals surface area contributed by atoms with Crippen LogP contribution in [0.2, 0.25) is 0 Å². The number of piperazine rings is 1. The highest BCUT2D eigenvalue weighted by molar-refractivity contribution is 5.76. The number of nitrogens with two attached hydrogens (primary N) is 1. The van der Waals surface area contributed by atoms with Crippen molar-refractivity contribution in [1.82, 2.24) is 19.2 Å². The SMILES string of the molecule is N[C@@H]1CCC[C@H]1CC(=O)N1CCN(Cc2cn3ccccc3n2)CC1. The van der Waals surface area contributed by atoms with Crippen LogP contribution >= 0.6 is 0 Å². The van der Waals surface area contributed by atoms with Crippen LogP contribution in [0.4, 0.5) is 0 Å². The highest BCUT2D eigenvalue weighted by atomic mass is 16.2. The van der Waals surface area contributed by atoms with E-state index in [0.717, 1.165) is 56.9 Å². The molecule has 2 aromatic rings. The second-order valence-electron chi connectivity index (χ2n) is 7.41. The fourth-order valence-corrected chi connectivity index (χ4v) is 4.12. The highest BCUT2D eigenvalue weighted by Crippen LogP contribution is 2.27. The normalized spacial score (nSPS) is 24.9. The van der Waals surface area contributed by atoms with Crippen LogP contribution in [-0.4, -0.2) is 57.3 Å². The Morgan fingerprint density at radius 3 is 2.76 bits per heavy atom. The summed E-state index contributed by atoms with van der Waals surface area (Å²) in [5.41, 5.74) is 8.18. The predicted molar refractivity (Wildman–Crippen MR) is 97.0 cm³/mol. The number of pyridine rings is 1. The van der Waals surface area contributed by atoms with Crippen LogP contribution in [0.25, 0.3) is 5.65 Å². The van der Waals surface area contributed by atoms with E-state index in [9.17, 15) is 4.79 Å². The number of carbonyl (C=O) groups is 1. The molecule has 2 aliphatic rings. The summed E-state index contributed by atoms with van der Waals surface area (Å²) in [5, 5.41) is 0. The van der Waals surface area contributed by atoms with E-state index < -0.39 is 0 Å². The van der Waals surface area contributed by atoms with Gasteiger partial charge in [-0.3, -0.25) is 9.69 Å². The third-order valence-electron chi connectivity index (χ3n) is 5.68. The smallest absolute Gasteiger partial charge is 0.222 e. The molecule has 0 bridgehead atoms. The van der Waals surface area contributed by atoms with Gasteiger partial charge in [0.15, 0.2) is 0 Å². The molecule has 25 heavy (non-hydrogen) atoms. The number of rotatable bonds is 4. The molecule has 134 valence electrons. The zero-order valence-electron chi connectivity index (χ0n) is 14.7. The zero-order chi connectivity index (χ0) is 17.2. The van der Waals surface area contributed by atoms with E-state index in [1.807, 2.05) is 29.3 Å². The first-order chi connectivity index (χ1) is 12.2. The van der Waals surface area contributed by atoms with Crippen molar-refractivity contribution < 1.29 is 4.79 Å². The molecule has 2 atom stereocenters. The van der Waals surface area contributed by atoms with Gasteiger partial charge in [-0.05, 0) is 30.9 Å². The van der Waals surface area contributed by atoms with E-state index in [4.69, 9.17) is 5.73 Å². The molecule has 0 aromatic carbocycles. The Morgan fingerprint density at radius 2 is 2.04 bits per heavy atom. The summed E-state index contributed by atoms with van der Waals surface area (Å²) in [6.07, 6.45) is 8.11. The topological polar surface area (TPSA) is 66.9 Å². The number of nitrogens with zero attached hydrogens (tertiary/aromatic N) is 4. The average Bonchev–Trinajstić information content (AvgIpc) is 3.21. The quantitative estimate of drug-likeness (QED) is 0.915. The van der Waals surface area contributed by atoms with E-state index in [1.54, 1.807) is 0 Å². The Labute approximate surface area is 148 Å². The first-order valence-electron chi connectivity index (χ1n) is 9.37. The largest absolute Gasteiger partial charge is 0.340 e. The van der Waals surface area contributed by atoms with Crippen molar-refractivity contribution >= 4 is 11.6 Å². The Kier molecular flexibility index (Phi) is 4.72. The van der Waals surface area contributed by atoms with Crippen molar-refractivity contribution in [2.75, 3.05) is 26.2 Å². The monoisotopic (exact) mass is 341 g/mol. The second-order valence-corrected chi connectivity index (χ2v) is 7.41. The minimum Gasteiger partial charge on any atom is -0.340 e. The van der Waals surface area contributed by atoms with Gasteiger partial charge in [-0.2, -0.15) is 0 Å². The molecular formula is C19H27N5O. The first-order valence-corrected chi connectivity index (χ1v) is 9.37. The van der Waals surface area contributed by atoms with Crippen LogP contribution in [0, 0.1) is 5.92 Å². The van der Waals surface area contributed by atoms with Crippen LogP contribution < -0.4 is 5.73 Å². The third kappa shape index (κ3) is 3.70. The average molecular weight is 341 g/mol. The van der Waals surface area contributed by atoms with E-state index in [0.29, 0.717) is 12.3 Å². The molecular weight excluding hydrogens is 314 g/mol. The molecule has 0 radical (unpaired) electrons. The molecule has 6 nitrogen and oxygen atoms in total. The van der Waals surface area contributed by atoms with Crippen LogP contribution in [0.5, 0.6) is 0 Å². The summed E-state index contributed by atoms with van der Waals surface area (Å²) in [5.74, 6) is 0.679. The molecule has 2 N–H and O–H groups in total. The molecule has 1 aliphatic carbocycles. The summed E-state index contributed by atoms with van der Waals surface area (Å²) in [6, 6.07) is 6.26. The molecule has 1 amide bonds. The molecule has 1 aliphatic heterocycles. The highest BCUT2D eigenvalue weighted by Gasteiger charge is 2.29. The van der Waals surface area contributed by atoms with E-state index in [2.05, 4.69) is 20.5 Å². The van der Waals surface area contributed by atoms with Gasteiger partial charge in [-0.15, -0.1) is 0 Å². The molecule has 0 spiro atoms. The molecule has 2 fully saturated rings. The number of imidazole rings is 1. The van der Waals surface area contributed by atoms with Crippen molar-refractivity contribution in [3.05, 3.63) is 36.3 Å². The lowest BCUT2D eigenvalue weighted by atomic mass is 9.99. The maximum absolute atomic E-state index is 12.5. The maximum atomic E-state index is 12.5. The Bertz CT molecular complexity index is 701. The van der Waals surface area contributed by atoms with Crippen molar-refractivity contribution in [3.8, 4) is 0 Å². The van der Waals surface area contributed by atoms with Crippen LogP contribution in [0.15, 0.2) is 30.6 Å². The molecule has 4 rings (SSSR count). The van der Waals surface area contributed by atoms with Crippen LogP contribution in [0.1, 0.15) is 31.4 Å². The molecule has 3 heterocycles. The van der Waals surface area contributed by atoms with E-state index in [1.165, 1.54) is 6.42 Å². The predicted octanol–water partition coefficient (Wildman–Crippen LogP) is 1.50. The van der Waals surface area contributed by atoms with Gasteiger partial charge in [-0.25, -0.2) is 4.98 Å². The fraction of sp³-hybridized carbons (Fsp3) is 0.579. The van der Waals surface area contributed by atoms with Crippen molar-refractivity contribution in [1.29, 1.82) is 0 Å². The van der Waals surface area contributed by atoms with E-state index in [-0.39, 0.29) is 11.9 Å². The Balaban J connectivity index is 1.28. The maximum Gasteiger partial charge on any atom is 0.222 e. The lowest BCUT2D eigenvalue weighted by molar-refractivity contribution is -0.134. The van der Waals surface area contributed by atoms with Crippen LogP contribution in [-0.2, 0) is 11.3 Å². The lowest BCUT2D eigenvalue weighted by Crippen LogP contribution is -2.49. The second kappa shape index (κ2) is 7.14. The molecule has 6 heteroatoms. The fourth-order valence-electron chi connectivity index (χ4n) is 4.12. The zero-order valence-corrected chi connectivity index (χ0v) is 14.7. The number of amides is 1. The van der Waals surface area contributed by atoms with Gasteiger partial charge in [0.25, 0.3) is 0 Å². The van der Waals surface area contributed by atoms with E-state index >= 15 is 0 Å². The first kappa shape index (κ1) is 16.5. The number of aromatic nitrogens is 2. The summed E-state index contributed by atoms with van der Waals surface area (Å²) < 4.78 is 2.06. The Hall–Kier alpha value is -1.92. The summed E-state index contributed by atoms with van der Waals surface area (Å²) in [4.78, 5) is 21.6. The van der Waals surface area contributed by atoms with Crippen LogP contribution in [0.3, 0.4) is 0 Å². The third-order valence-corrected chi connectivity index (χ3v) is 5.68. The van der Waals surface area contributed by atoms with Gasteiger partial charge < -0.3 is 15.0 Å². The van der Waals surface area contributed by atoms with Gasteiger partial charge >= 0.3 is 0 Å². The van der Waals surface area contributed by atoms with Gasteiger partial charge in [-0.1, -0.05) is 12.5 Å². The number of hydrogen-bond donors (Lipinski definition) is 1. The molecule has 0 unspecified atom stereocenters. The summed E-state index contributed by atoms with van der Waals surface area (Å²) in [7, 11) is 0. The standard InChI is InChI=1S/C19H27N5O/c20-17-5-3-4-15(17)12-19(25)23-10-8-22(9-11-23)13-16-14-24-7-2-1-6-18(24)21-16/h1-2,6-7,14-15,17H,3-5,8-13,20H2/t15-,17+/m0/s1. The van der Waals surface area contributed by atoms with Gasteiger partial charge in [0.1, 0.15) is 5.65 Å². The van der Waals surface area contributed by atoms with Crippen molar-refractivity contribution in [2.45, 2.75) is 38.3 Å². The minimum atomic E-state index is 0.222. The summed E-state index contributed by atoms with van der Waals surface area (Å²) in [6.45, 7) is 4.30. The molecule has 1 saturated heterocycles. The van der Waals surface area contributed by atoms with Crippen molar-refractivity contribution in [2.24, 2.45) is 11.7 Å². The number of fused-ring (bicyclic) bond motifs is 1. The number of carbonyl (C=O) groups excluding carboxylic acids is 1. The Morgan fingerprint density at radius 1 is 1.20 bits per heavy atom. The van der Waals surface area contributed by atoms with Gasteiger partial charge in [0.2, 0.25) is 5.91 Å². The lowest BCUT2D eigenvalue weighted by Gasteiger charge is -2.35.